The Labute approximate surface area is 85.4 Å². The highest BCUT2D eigenvalue weighted by atomic mass is 16.5. The molecular formula is C10H20N2O2. The maximum atomic E-state index is 11.6. The molecule has 0 aromatic rings. The number of amides is 1. The van der Waals surface area contributed by atoms with Crippen molar-refractivity contribution in [2.24, 2.45) is 5.73 Å². The minimum absolute atomic E-state index is 0.217. The molecule has 0 radical (unpaired) electrons. The first-order chi connectivity index (χ1) is 6.75. The summed E-state index contributed by atoms with van der Waals surface area (Å²) in [6.07, 6.45) is 3.41. The molecule has 4 heteroatoms. The molecule has 1 unspecified atom stereocenters. The first-order valence-electron chi connectivity index (χ1n) is 5.29. The first kappa shape index (κ1) is 11.5. The van der Waals surface area contributed by atoms with Gasteiger partial charge < -0.3 is 15.4 Å². The molecule has 1 aliphatic rings. The van der Waals surface area contributed by atoms with Gasteiger partial charge in [0.15, 0.2) is 0 Å². The molecular weight excluding hydrogens is 180 g/mol. The molecule has 0 spiro atoms. The van der Waals surface area contributed by atoms with E-state index in [2.05, 4.69) is 0 Å². The summed E-state index contributed by atoms with van der Waals surface area (Å²) in [6, 6.07) is 0.292. The number of nitrogens with zero attached hydrogens (tertiary/aromatic N) is 1. The number of unbranched alkanes of at least 4 members (excludes halogenated alkanes) is 1. The Balaban J connectivity index is 2.21. The average Bonchev–Trinajstić information content (AvgIpc) is 2.69. The number of likely N-dealkylation sites (N-methyl/N-ethyl adjacent to an activating group) is 1. The van der Waals surface area contributed by atoms with Crippen LogP contribution in [0.15, 0.2) is 0 Å². The molecule has 1 aliphatic heterocycles. The van der Waals surface area contributed by atoms with Gasteiger partial charge in [-0.3, -0.25) is 4.79 Å². The van der Waals surface area contributed by atoms with E-state index in [0.29, 0.717) is 25.6 Å². The van der Waals surface area contributed by atoms with Gasteiger partial charge in [-0.1, -0.05) is 0 Å². The molecule has 14 heavy (non-hydrogen) atoms. The number of nitrogens with two attached hydrogens (primary N) is 1. The second-order valence-electron chi connectivity index (χ2n) is 3.77. The van der Waals surface area contributed by atoms with E-state index in [0.717, 1.165) is 25.9 Å². The summed E-state index contributed by atoms with van der Waals surface area (Å²) in [5.41, 5.74) is 5.37. The fourth-order valence-electron chi connectivity index (χ4n) is 1.63. The van der Waals surface area contributed by atoms with Crippen molar-refractivity contribution < 1.29 is 9.53 Å². The van der Waals surface area contributed by atoms with Gasteiger partial charge in [-0.15, -0.1) is 0 Å². The molecule has 1 fully saturated rings. The summed E-state index contributed by atoms with van der Waals surface area (Å²) in [5.74, 6) is 0.217. The van der Waals surface area contributed by atoms with Crippen molar-refractivity contribution in [2.45, 2.75) is 31.7 Å². The Kier molecular flexibility index (Phi) is 4.90. The molecule has 1 saturated heterocycles. The van der Waals surface area contributed by atoms with Crippen LogP contribution in [0, 0.1) is 0 Å². The molecule has 1 rings (SSSR count). The molecule has 0 aromatic carbocycles. The van der Waals surface area contributed by atoms with Gasteiger partial charge in [-0.05, 0) is 25.8 Å². The van der Waals surface area contributed by atoms with E-state index in [1.54, 1.807) is 0 Å². The maximum absolute atomic E-state index is 11.6. The van der Waals surface area contributed by atoms with Crippen molar-refractivity contribution in [1.29, 1.82) is 0 Å². The van der Waals surface area contributed by atoms with Gasteiger partial charge >= 0.3 is 0 Å². The highest BCUT2D eigenvalue weighted by Gasteiger charge is 2.23. The number of carbonyl (C=O) groups excluding carboxylic acids is 1. The average molecular weight is 200 g/mol. The lowest BCUT2D eigenvalue weighted by molar-refractivity contribution is -0.132. The molecule has 0 bridgehead atoms. The van der Waals surface area contributed by atoms with Gasteiger partial charge in [0.1, 0.15) is 0 Å². The Morgan fingerprint density at radius 3 is 2.93 bits per heavy atom. The van der Waals surface area contributed by atoms with E-state index in [9.17, 15) is 4.79 Å². The highest BCUT2D eigenvalue weighted by Crippen LogP contribution is 2.12. The summed E-state index contributed by atoms with van der Waals surface area (Å²) in [5, 5.41) is 0. The quantitative estimate of drug-likeness (QED) is 0.652. The van der Waals surface area contributed by atoms with Crippen molar-refractivity contribution in [3.8, 4) is 0 Å². The summed E-state index contributed by atoms with van der Waals surface area (Å²) in [4.78, 5) is 13.5. The van der Waals surface area contributed by atoms with E-state index >= 15 is 0 Å². The molecule has 1 heterocycles. The van der Waals surface area contributed by atoms with Gasteiger partial charge in [0.25, 0.3) is 0 Å². The van der Waals surface area contributed by atoms with Gasteiger partial charge in [0.2, 0.25) is 5.91 Å². The topological polar surface area (TPSA) is 55.6 Å². The van der Waals surface area contributed by atoms with Crippen LogP contribution >= 0.6 is 0 Å². The van der Waals surface area contributed by atoms with Crippen molar-refractivity contribution >= 4 is 5.91 Å². The predicted octanol–water partition coefficient (Wildman–Crippen LogP) is 0.363. The van der Waals surface area contributed by atoms with E-state index in [4.69, 9.17) is 10.5 Å². The minimum atomic E-state index is 0.217. The van der Waals surface area contributed by atoms with E-state index < -0.39 is 0 Å². The molecule has 0 aliphatic carbocycles. The molecule has 82 valence electrons. The van der Waals surface area contributed by atoms with Gasteiger partial charge in [-0.2, -0.15) is 0 Å². The van der Waals surface area contributed by atoms with Crippen LogP contribution in [0.3, 0.4) is 0 Å². The van der Waals surface area contributed by atoms with Gasteiger partial charge in [0.05, 0.1) is 12.6 Å². The first-order valence-corrected chi connectivity index (χ1v) is 5.29. The van der Waals surface area contributed by atoms with Crippen LogP contribution in [-0.4, -0.2) is 43.7 Å². The van der Waals surface area contributed by atoms with Crippen molar-refractivity contribution in [3.05, 3.63) is 0 Å². The van der Waals surface area contributed by atoms with E-state index in [-0.39, 0.29) is 5.91 Å². The summed E-state index contributed by atoms with van der Waals surface area (Å²) in [6.45, 7) is 2.15. The standard InChI is InChI=1S/C10H20N2O2/c1-12(9-5-7-14-8-9)10(13)4-2-3-6-11/h9H,2-8,11H2,1H3. The van der Waals surface area contributed by atoms with Crippen LogP contribution in [0.5, 0.6) is 0 Å². The molecule has 0 aromatic heterocycles. The van der Waals surface area contributed by atoms with Crippen molar-refractivity contribution in [1.82, 2.24) is 4.90 Å². The van der Waals surface area contributed by atoms with Gasteiger partial charge in [-0.25, -0.2) is 0 Å². The predicted molar refractivity (Wildman–Crippen MR) is 54.9 cm³/mol. The largest absolute Gasteiger partial charge is 0.379 e. The highest BCUT2D eigenvalue weighted by molar-refractivity contribution is 5.76. The van der Waals surface area contributed by atoms with Crippen molar-refractivity contribution in [2.75, 3.05) is 26.8 Å². The molecule has 1 amide bonds. The Bertz CT molecular complexity index is 179. The lowest BCUT2D eigenvalue weighted by Gasteiger charge is -2.23. The fourth-order valence-corrected chi connectivity index (χ4v) is 1.63. The zero-order valence-electron chi connectivity index (χ0n) is 8.87. The zero-order chi connectivity index (χ0) is 10.4. The van der Waals surface area contributed by atoms with Gasteiger partial charge in [0, 0.05) is 20.1 Å². The van der Waals surface area contributed by atoms with Crippen LogP contribution < -0.4 is 5.73 Å². The van der Waals surface area contributed by atoms with Crippen LogP contribution in [0.25, 0.3) is 0 Å². The number of rotatable bonds is 5. The summed E-state index contributed by atoms with van der Waals surface area (Å²) >= 11 is 0. The monoisotopic (exact) mass is 200 g/mol. The van der Waals surface area contributed by atoms with Crippen molar-refractivity contribution in [3.63, 3.8) is 0 Å². The van der Waals surface area contributed by atoms with Crippen LogP contribution in [0.4, 0.5) is 0 Å². The second kappa shape index (κ2) is 5.98. The Morgan fingerprint density at radius 1 is 1.57 bits per heavy atom. The zero-order valence-corrected chi connectivity index (χ0v) is 8.87. The molecule has 4 nitrogen and oxygen atoms in total. The third-order valence-electron chi connectivity index (χ3n) is 2.69. The Morgan fingerprint density at radius 2 is 2.36 bits per heavy atom. The summed E-state index contributed by atoms with van der Waals surface area (Å²) in [7, 11) is 1.87. The Hall–Kier alpha value is -0.610. The van der Waals surface area contributed by atoms with Crippen LogP contribution in [0.2, 0.25) is 0 Å². The lowest BCUT2D eigenvalue weighted by atomic mass is 10.2. The number of hydrogen-bond donors (Lipinski definition) is 1. The number of hydrogen-bond acceptors (Lipinski definition) is 3. The SMILES string of the molecule is CN(C(=O)CCCCN)C1CCOC1. The number of ether oxygens (including phenoxy) is 1. The third kappa shape index (κ3) is 3.27. The smallest absolute Gasteiger partial charge is 0.222 e. The van der Waals surface area contributed by atoms with Crippen LogP contribution in [-0.2, 0) is 9.53 Å². The summed E-state index contributed by atoms with van der Waals surface area (Å²) < 4.78 is 5.24. The normalized spacial score (nSPS) is 21.1. The lowest BCUT2D eigenvalue weighted by Crippen LogP contribution is -2.37. The van der Waals surface area contributed by atoms with Crippen LogP contribution in [0.1, 0.15) is 25.7 Å². The third-order valence-corrected chi connectivity index (χ3v) is 2.69. The van der Waals surface area contributed by atoms with E-state index in [1.165, 1.54) is 0 Å². The maximum Gasteiger partial charge on any atom is 0.222 e. The molecule has 1 atom stereocenters. The second-order valence-corrected chi connectivity index (χ2v) is 3.77. The molecule has 0 saturated carbocycles. The van der Waals surface area contributed by atoms with E-state index in [1.807, 2.05) is 11.9 Å². The minimum Gasteiger partial charge on any atom is -0.379 e. The molecule has 2 N–H and O–H groups in total. The number of carbonyl (C=O) groups is 1. The fraction of sp³-hybridized carbons (Fsp3) is 0.900.